The minimum atomic E-state index is 0.0602. The number of benzene rings is 2. The van der Waals surface area contributed by atoms with Gasteiger partial charge in [0.05, 0.1) is 23.8 Å². The number of amidine groups is 1. The highest BCUT2D eigenvalue weighted by Gasteiger charge is 2.08. The Balaban J connectivity index is 1.65. The zero-order chi connectivity index (χ0) is 20.6. The van der Waals surface area contributed by atoms with E-state index >= 15 is 0 Å². The Labute approximate surface area is 169 Å². The average Bonchev–Trinajstić information content (AvgIpc) is 3.04. The highest BCUT2D eigenvalue weighted by atomic mass is 16.5. The molecule has 0 amide bonds. The molecule has 0 atom stereocenters. The van der Waals surface area contributed by atoms with E-state index in [0.717, 1.165) is 28.1 Å². The summed E-state index contributed by atoms with van der Waals surface area (Å²) in [4.78, 5) is 4.74. The molecule has 3 rings (SSSR count). The zero-order valence-corrected chi connectivity index (χ0v) is 16.2. The quantitative estimate of drug-likeness (QED) is 0.194. The maximum absolute atomic E-state index is 7.45. The standard InChI is InChI=1S/C22H24N6O/c1-28-20-10-5-16(15-29-12-4-2-3-11-23)13-19(20)27-21(28)14-26-18-8-6-17(7-9-18)22(24)25/h2-13,23,26H,14-15H2,1H3,(H3,24,25)/b3-2-,12-4?,23-11?. The Morgan fingerprint density at radius 1 is 1.17 bits per heavy atom. The third-order valence-corrected chi connectivity index (χ3v) is 4.43. The first-order valence-corrected chi connectivity index (χ1v) is 9.15. The van der Waals surface area contributed by atoms with Crippen molar-refractivity contribution in [3.05, 3.63) is 83.9 Å². The van der Waals surface area contributed by atoms with Gasteiger partial charge in [-0.3, -0.25) is 5.41 Å². The van der Waals surface area contributed by atoms with Crippen LogP contribution in [0.25, 0.3) is 11.0 Å². The molecular weight excluding hydrogens is 364 g/mol. The first kappa shape index (κ1) is 19.9. The molecule has 7 heteroatoms. The van der Waals surface area contributed by atoms with Gasteiger partial charge in [0.15, 0.2) is 0 Å². The molecule has 0 spiro atoms. The second-order valence-corrected chi connectivity index (χ2v) is 6.45. The highest BCUT2D eigenvalue weighted by Crippen LogP contribution is 2.19. The minimum absolute atomic E-state index is 0.0602. The molecule has 0 aliphatic carbocycles. The number of hydrogen-bond donors (Lipinski definition) is 4. The number of nitrogens with one attached hydrogen (secondary N) is 3. The number of aromatic nitrogens is 2. The van der Waals surface area contributed by atoms with Crippen LogP contribution in [0.15, 0.2) is 67.0 Å². The van der Waals surface area contributed by atoms with Crippen LogP contribution in [0.4, 0.5) is 5.69 Å². The van der Waals surface area contributed by atoms with E-state index in [9.17, 15) is 0 Å². The number of ether oxygens (including phenoxy) is 1. The van der Waals surface area contributed by atoms with Crippen LogP contribution in [0.3, 0.4) is 0 Å². The Kier molecular flexibility index (Phi) is 6.42. The maximum atomic E-state index is 7.45. The smallest absolute Gasteiger partial charge is 0.128 e. The van der Waals surface area contributed by atoms with E-state index < -0.39 is 0 Å². The minimum Gasteiger partial charge on any atom is -0.497 e. The number of allylic oxidation sites excluding steroid dienone is 3. The lowest BCUT2D eigenvalue weighted by Gasteiger charge is -2.07. The van der Waals surface area contributed by atoms with Crippen LogP contribution in [-0.2, 0) is 24.9 Å². The monoisotopic (exact) mass is 388 g/mol. The lowest BCUT2D eigenvalue weighted by molar-refractivity contribution is 0.236. The molecule has 0 bridgehead atoms. The number of nitrogens with two attached hydrogens (primary N) is 1. The van der Waals surface area contributed by atoms with Gasteiger partial charge in [0.1, 0.15) is 18.3 Å². The van der Waals surface area contributed by atoms with Crippen molar-refractivity contribution in [2.24, 2.45) is 12.8 Å². The molecule has 0 saturated carbocycles. The lowest BCUT2D eigenvalue weighted by atomic mass is 10.2. The van der Waals surface area contributed by atoms with Crippen LogP contribution in [0, 0.1) is 10.8 Å². The Hall–Kier alpha value is -3.87. The number of nitrogen functional groups attached to an aromatic ring is 1. The number of fused-ring (bicyclic) bond motifs is 1. The summed E-state index contributed by atoms with van der Waals surface area (Å²) < 4.78 is 7.57. The van der Waals surface area contributed by atoms with Crippen LogP contribution in [0.1, 0.15) is 17.0 Å². The van der Waals surface area contributed by atoms with Crippen molar-refractivity contribution in [1.29, 1.82) is 10.8 Å². The van der Waals surface area contributed by atoms with Crippen molar-refractivity contribution in [1.82, 2.24) is 9.55 Å². The normalized spacial score (nSPS) is 11.3. The van der Waals surface area contributed by atoms with Gasteiger partial charge in [0, 0.05) is 24.5 Å². The summed E-state index contributed by atoms with van der Waals surface area (Å²) in [7, 11) is 2.00. The first-order chi connectivity index (χ1) is 14.1. The molecule has 3 aromatic rings. The molecule has 1 heterocycles. The zero-order valence-electron chi connectivity index (χ0n) is 16.2. The number of imidazole rings is 1. The average molecular weight is 388 g/mol. The number of nitrogens with zero attached hydrogens (tertiary/aromatic N) is 2. The molecule has 0 unspecified atom stereocenters. The van der Waals surface area contributed by atoms with Crippen molar-refractivity contribution in [2.45, 2.75) is 13.2 Å². The topological polar surface area (TPSA) is 113 Å². The van der Waals surface area contributed by atoms with E-state index in [4.69, 9.17) is 26.3 Å². The van der Waals surface area contributed by atoms with Gasteiger partial charge < -0.3 is 25.8 Å². The van der Waals surface area contributed by atoms with Crippen LogP contribution >= 0.6 is 0 Å². The summed E-state index contributed by atoms with van der Waals surface area (Å²) in [5, 5.41) is 17.7. The molecule has 29 heavy (non-hydrogen) atoms. The van der Waals surface area contributed by atoms with Crippen molar-refractivity contribution in [3.8, 4) is 0 Å². The van der Waals surface area contributed by atoms with E-state index in [-0.39, 0.29) is 5.84 Å². The van der Waals surface area contributed by atoms with E-state index in [2.05, 4.69) is 9.88 Å². The fraction of sp³-hybridized carbons (Fsp3) is 0.136. The lowest BCUT2D eigenvalue weighted by Crippen LogP contribution is -2.11. The SMILES string of the molecule is Cn1c(CNc2ccc(C(=N)N)cc2)nc2cc(COC=C/C=C\C=N)ccc21. The van der Waals surface area contributed by atoms with E-state index in [1.807, 2.05) is 49.5 Å². The van der Waals surface area contributed by atoms with Gasteiger partial charge in [-0.05, 0) is 54.1 Å². The summed E-state index contributed by atoms with van der Waals surface area (Å²) in [6.45, 7) is 1.04. The summed E-state index contributed by atoms with van der Waals surface area (Å²) in [5.41, 5.74) is 10.2. The van der Waals surface area contributed by atoms with Crippen molar-refractivity contribution < 1.29 is 4.74 Å². The van der Waals surface area contributed by atoms with Crippen LogP contribution in [-0.4, -0.2) is 21.6 Å². The molecule has 1 aromatic heterocycles. The second kappa shape index (κ2) is 9.36. The molecule has 0 radical (unpaired) electrons. The van der Waals surface area contributed by atoms with Crippen molar-refractivity contribution in [3.63, 3.8) is 0 Å². The third-order valence-electron chi connectivity index (χ3n) is 4.43. The maximum Gasteiger partial charge on any atom is 0.128 e. The molecule has 2 aromatic carbocycles. The second-order valence-electron chi connectivity index (χ2n) is 6.45. The van der Waals surface area contributed by atoms with Crippen LogP contribution in [0.5, 0.6) is 0 Å². The summed E-state index contributed by atoms with van der Waals surface area (Å²) >= 11 is 0. The largest absolute Gasteiger partial charge is 0.497 e. The fourth-order valence-corrected chi connectivity index (χ4v) is 2.86. The first-order valence-electron chi connectivity index (χ1n) is 9.15. The fourth-order valence-electron chi connectivity index (χ4n) is 2.86. The predicted octanol–water partition coefficient (Wildman–Crippen LogP) is 3.71. The number of anilines is 1. The van der Waals surface area contributed by atoms with Crippen molar-refractivity contribution >= 4 is 28.8 Å². The highest BCUT2D eigenvalue weighted by molar-refractivity contribution is 5.95. The Bertz CT molecular complexity index is 1060. The molecule has 0 aliphatic heterocycles. The molecule has 0 aliphatic rings. The van der Waals surface area contributed by atoms with E-state index in [1.54, 1.807) is 24.5 Å². The summed E-state index contributed by atoms with van der Waals surface area (Å²) in [5.74, 6) is 0.982. The Morgan fingerprint density at radius 3 is 2.69 bits per heavy atom. The van der Waals surface area contributed by atoms with Crippen molar-refractivity contribution in [2.75, 3.05) is 5.32 Å². The van der Waals surface area contributed by atoms with Crippen LogP contribution in [0.2, 0.25) is 0 Å². The van der Waals surface area contributed by atoms with Gasteiger partial charge in [-0.15, -0.1) is 0 Å². The molecule has 7 nitrogen and oxygen atoms in total. The number of rotatable bonds is 9. The molecule has 0 fully saturated rings. The van der Waals surface area contributed by atoms with Gasteiger partial charge in [0.2, 0.25) is 0 Å². The third kappa shape index (κ3) is 5.10. The van der Waals surface area contributed by atoms with Gasteiger partial charge in [-0.2, -0.15) is 0 Å². The van der Waals surface area contributed by atoms with Gasteiger partial charge in [-0.1, -0.05) is 12.1 Å². The van der Waals surface area contributed by atoms with Gasteiger partial charge in [0.25, 0.3) is 0 Å². The van der Waals surface area contributed by atoms with Crippen LogP contribution < -0.4 is 11.1 Å². The van der Waals surface area contributed by atoms with E-state index in [1.165, 1.54) is 6.21 Å². The number of aryl methyl sites for hydroxylation is 1. The predicted molar refractivity (Wildman–Crippen MR) is 117 cm³/mol. The molecule has 5 N–H and O–H groups in total. The summed E-state index contributed by atoms with van der Waals surface area (Å²) in [6, 6.07) is 13.6. The molecule has 148 valence electrons. The number of hydrogen-bond acceptors (Lipinski definition) is 5. The Morgan fingerprint density at radius 2 is 1.97 bits per heavy atom. The molecular formula is C22H24N6O. The summed E-state index contributed by atoms with van der Waals surface area (Å²) in [6.07, 6.45) is 7.92. The van der Waals surface area contributed by atoms with Gasteiger partial charge >= 0.3 is 0 Å². The van der Waals surface area contributed by atoms with E-state index in [0.29, 0.717) is 18.7 Å². The van der Waals surface area contributed by atoms with Gasteiger partial charge in [-0.25, -0.2) is 4.98 Å². The molecule has 0 saturated heterocycles.